The van der Waals surface area contributed by atoms with E-state index in [0.717, 1.165) is 17.3 Å². The first-order valence-corrected chi connectivity index (χ1v) is 5.14. The molecule has 15 heavy (non-hydrogen) atoms. The smallest absolute Gasteiger partial charge is 0.159 e. The number of methoxy groups -OCH3 is 1. The largest absolute Gasteiger partial charge is 0.373 e. The van der Waals surface area contributed by atoms with E-state index >= 15 is 0 Å². The molecular formula is C11H19N3O. The molecule has 84 valence electrons. The van der Waals surface area contributed by atoms with Crippen LogP contribution in [0.15, 0.2) is 6.07 Å². The molecule has 1 rings (SSSR count). The summed E-state index contributed by atoms with van der Waals surface area (Å²) in [6, 6.07) is 1.91. The second-order valence-electron chi connectivity index (χ2n) is 3.90. The van der Waals surface area contributed by atoms with Crippen LogP contribution in [0.1, 0.15) is 31.5 Å². The summed E-state index contributed by atoms with van der Waals surface area (Å²) in [5.41, 5.74) is 0.951. The molecule has 0 radical (unpaired) electrons. The molecule has 0 aliphatic rings. The Kier molecular flexibility index (Phi) is 4.03. The van der Waals surface area contributed by atoms with Gasteiger partial charge >= 0.3 is 0 Å². The molecule has 0 fully saturated rings. The average Bonchev–Trinajstić information content (AvgIpc) is 2.17. The van der Waals surface area contributed by atoms with E-state index in [4.69, 9.17) is 4.74 Å². The van der Waals surface area contributed by atoms with Crippen LogP contribution in [-0.4, -0.2) is 24.1 Å². The minimum absolute atomic E-state index is 0.0444. The van der Waals surface area contributed by atoms with Gasteiger partial charge in [0.1, 0.15) is 11.9 Å². The summed E-state index contributed by atoms with van der Waals surface area (Å²) in [7, 11) is 3.54. The van der Waals surface area contributed by atoms with Crippen LogP contribution < -0.4 is 5.32 Å². The van der Waals surface area contributed by atoms with Gasteiger partial charge in [-0.15, -0.1) is 0 Å². The quantitative estimate of drug-likeness (QED) is 0.825. The molecule has 0 saturated carbocycles. The van der Waals surface area contributed by atoms with Gasteiger partial charge in [-0.2, -0.15) is 0 Å². The zero-order chi connectivity index (χ0) is 11.4. The second-order valence-corrected chi connectivity index (χ2v) is 3.90. The topological polar surface area (TPSA) is 47.0 Å². The van der Waals surface area contributed by atoms with Gasteiger partial charge in [0.05, 0.1) is 0 Å². The van der Waals surface area contributed by atoms with Crippen molar-refractivity contribution < 1.29 is 4.74 Å². The highest BCUT2D eigenvalue weighted by molar-refractivity contribution is 5.35. The maximum Gasteiger partial charge on any atom is 0.159 e. The SMILES string of the molecule is CNc1cc(C)nc(C(OC)C(C)C)n1. The number of anilines is 1. The Balaban J connectivity index is 3.06. The van der Waals surface area contributed by atoms with Gasteiger partial charge in [-0.3, -0.25) is 0 Å². The van der Waals surface area contributed by atoms with Crippen LogP contribution >= 0.6 is 0 Å². The third-order valence-electron chi connectivity index (χ3n) is 2.24. The third-order valence-corrected chi connectivity index (χ3v) is 2.24. The van der Waals surface area contributed by atoms with Crippen molar-refractivity contribution >= 4 is 5.82 Å². The molecule has 0 amide bonds. The molecule has 1 heterocycles. The van der Waals surface area contributed by atoms with Crippen LogP contribution in [0.5, 0.6) is 0 Å². The summed E-state index contributed by atoms with van der Waals surface area (Å²) in [6.07, 6.45) is -0.0444. The highest BCUT2D eigenvalue weighted by Crippen LogP contribution is 2.23. The standard InChI is InChI=1S/C11H19N3O/c1-7(2)10(15-5)11-13-8(3)6-9(12-4)14-11/h6-7,10H,1-5H3,(H,12,13,14). The van der Waals surface area contributed by atoms with Crippen LogP contribution in [0.2, 0.25) is 0 Å². The summed E-state index contributed by atoms with van der Waals surface area (Å²) in [4.78, 5) is 8.80. The van der Waals surface area contributed by atoms with E-state index in [1.165, 1.54) is 0 Å². The van der Waals surface area contributed by atoms with Crippen LogP contribution in [0, 0.1) is 12.8 Å². The lowest BCUT2D eigenvalue weighted by molar-refractivity contribution is 0.0574. The second kappa shape index (κ2) is 5.07. The predicted molar refractivity (Wildman–Crippen MR) is 60.9 cm³/mol. The molecule has 0 bridgehead atoms. The molecule has 0 spiro atoms. The number of ether oxygens (including phenoxy) is 1. The van der Waals surface area contributed by atoms with Crippen molar-refractivity contribution in [2.75, 3.05) is 19.5 Å². The van der Waals surface area contributed by atoms with Crippen molar-refractivity contribution in [1.29, 1.82) is 0 Å². The summed E-state index contributed by atoms with van der Waals surface area (Å²) < 4.78 is 5.40. The van der Waals surface area contributed by atoms with Gasteiger partial charge in [0.15, 0.2) is 5.82 Å². The fraction of sp³-hybridized carbons (Fsp3) is 0.636. The number of nitrogens with zero attached hydrogens (tertiary/aromatic N) is 2. The minimum atomic E-state index is -0.0444. The Labute approximate surface area is 91.1 Å². The van der Waals surface area contributed by atoms with Crippen LogP contribution in [0.25, 0.3) is 0 Å². The molecule has 1 aromatic rings. The van der Waals surface area contributed by atoms with E-state index in [9.17, 15) is 0 Å². The number of hydrogen-bond acceptors (Lipinski definition) is 4. The maximum atomic E-state index is 5.40. The van der Waals surface area contributed by atoms with Crippen molar-refractivity contribution in [3.63, 3.8) is 0 Å². The van der Waals surface area contributed by atoms with E-state index in [2.05, 4.69) is 29.1 Å². The monoisotopic (exact) mass is 209 g/mol. The van der Waals surface area contributed by atoms with Gasteiger partial charge in [-0.1, -0.05) is 13.8 Å². The minimum Gasteiger partial charge on any atom is -0.373 e. The van der Waals surface area contributed by atoms with E-state index in [0.29, 0.717) is 5.92 Å². The number of aromatic nitrogens is 2. The van der Waals surface area contributed by atoms with E-state index in [1.807, 2.05) is 20.0 Å². The van der Waals surface area contributed by atoms with Gasteiger partial charge in [-0.05, 0) is 12.8 Å². The van der Waals surface area contributed by atoms with Crippen molar-refractivity contribution in [3.05, 3.63) is 17.6 Å². The van der Waals surface area contributed by atoms with E-state index in [-0.39, 0.29) is 6.10 Å². The number of rotatable bonds is 4. The van der Waals surface area contributed by atoms with E-state index < -0.39 is 0 Å². The molecule has 1 N–H and O–H groups in total. The summed E-state index contributed by atoms with van der Waals surface area (Å²) in [5.74, 6) is 1.94. The van der Waals surface area contributed by atoms with Gasteiger partial charge in [0.25, 0.3) is 0 Å². The van der Waals surface area contributed by atoms with Crippen molar-refractivity contribution in [3.8, 4) is 0 Å². The third kappa shape index (κ3) is 2.89. The lowest BCUT2D eigenvalue weighted by Gasteiger charge is -2.18. The van der Waals surface area contributed by atoms with Gasteiger partial charge in [-0.25, -0.2) is 9.97 Å². The van der Waals surface area contributed by atoms with Crippen molar-refractivity contribution in [2.24, 2.45) is 5.92 Å². The molecule has 0 aliphatic carbocycles. The van der Waals surface area contributed by atoms with Crippen molar-refractivity contribution in [1.82, 2.24) is 9.97 Å². The fourth-order valence-electron chi connectivity index (χ4n) is 1.52. The normalized spacial score (nSPS) is 12.9. The number of nitrogens with one attached hydrogen (secondary N) is 1. The Bertz CT molecular complexity index is 326. The Hall–Kier alpha value is -1.16. The Morgan fingerprint density at radius 2 is 2.00 bits per heavy atom. The van der Waals surface area contributed by atoms with Crippen molar-refractivity contribution in [2.45, 2.75) is 26.9 Å². The highest BCUT2D eigenvalue weighted by atomic mass is 16.5. The first kappa shape index (κ1) is 11.9. The average molecular weight is 209 g/mol. The molecular weight excluding hydrogens is 190 g/mol. The Morgan fingerprint density at radius 1 is 1.33 bits per heavy atom. The van der Waals surface area contributed by atoms with Crippen LogP contribution in [0.3, 0.4) is 0 Å². The summed E-state index contributed by atoms with van der Waals surface area (Å²) >= 11 is 0. The van der Waals surface area contributed by atoms with Gasteiger partial charge in [0.2, 0.25) is 0 Å². The molecule has 1 atom stereocenters. The highest BCUT2D eigenvalue weighted by Gasteiger charge is 2.18. The molecule has 0 aromatic carbocycles. The van der Waals surface area contributed by atoms with Gasteiger partial charge < -0.3 is 10.1 Å². The molecule has 4 heteroatoms. The molecule has 4 nitrogen and oxygen atoms in total. The fourth-order valence-corrected chi connectivity index (χ4v) is 1.52. The number of hydrogen-bond donors (Lipinski definition) is 1. The molecule has 1 aromatic heterocycles. The molecule has 0 saturated heterocycles. The molecule has 0 aliphatic heterocycles. The van der Waals surface area contributed by atoms with Crippen LogP contribution in [-0.2, 0) is 4.74 Å². The lowest BCUT2D eigenvalue weighted by Crippen LogP contribution is -2.14. The summed E-state index contributed by atoms with van der Waals surface area (Å²) in [6.45, 7) is 6.15. The molecule has 1 unspecified atom stereocenters. The number of aryl methyl sites for hydroxylation is 1. The van der Waals surface area contributed by atoms with E-state index in [1.54, 1.807) is 7.11 Å². The maximum absolute atomic E-state index is 5.40. The lowest BCUT2D eigenvalue weighted by atomic mass is 10.1. The van der Waals surface area contributed by atoms with Gasteiger partial charge in [0, 0.05) is 25.9 Å². The summed E-state index contributed by atoms with van der Waals surface area (Å²) in [5, 5.41) is 3.02. The zero-order valence-electron chi connectivity index (χ0n) is 10.0. The van der Waals surface area contributed by atoms with Crippen LogP contribution in [0.4, 0.5) is 5.82 Å². The Morgan fingerprint density at radius 3 is 2.47 bits per heavy atom. The first-order chi connectivity index (χ1) is 7.08. The zero-order valence-corrected chi connectivity index (χ0v) is 10.0. The first-order valence-electron chi connectivity index (χ1n) is 5.14. The predicted octanol–water partition coefficient (Wildman–Crippen LogP) is 2.17.